The predicted octanol–water partition coefficient (Wildman–Crippen LogP) is 7.51. The van der Waals surface area contributed by atoms with E-state index < -0.39 is 17.4 Å². The number of hydrogen-bond donors (Lipinski definition) is 1. The first-order valence-corrected chi connectivity index (χ1v) is 12.3. The Morgan fingerprint density at radius 3 is 1.69 bits per heavy atom. The van der Waals surface area contributed by atoms with Gasteiger partial charge in [0.05, 0.1) is 19.1 Å². The molecule has 0 aromatic carbocycles. The van der Waals surface area contributed by atoms with Crippen LogP contribution in [0.25, 0.3) is 0 Å². The maximum absolute atomic E-state index is 11.5. The first-order valence-electron chi connectivity index (χ1n) is 11.8. The van der Waals surface area contributed by atoms with Crippen molar-refractivity contribution in [3.63, 3.8) is 0 Å². The molecule has 0 heterocycles. The zero-order valence-corrected chi connectivity index (χ0v) is 19.7. The molecule has 0 saturated carbocycles. The number of unbranched alkanes of at least 4 members (excludes halogenated alkanes) is 14. The van der Waals surface area contributed by atoms with Crippen LogP contribution in [0.4, 0.5) is 0 Å². The number of allylic oxidation sites excluding steroid dienone is 1. The van der Waals surface area contributed by atoms with E-state index in [-0.39, 0.29) is 12.8 Å². The third kappa shape index (κ3) is 23.2. The molecule has 0 radical (unpaired) electrons. The zero-order chi connectivity index (χ0) is 21.6. The number of esters is 2. The fourth-order valence-corrected chi connectivity index (χ4v) is 3.28. The SMILES string of the molecule is CCCCCCCCCCCCCCCC/C=C/OC(=O)CCC(=O)OC(C)S. The highest BCUT2D eigenvalue weighted by molar-refractivity contribution is 7.80. The number of hydrogen-bond acceptors (Lipinski definition) is 5. The lowest BCUT2D eigenvalue weighted by Gasteiger charge is -2.06. The van der Waals surface area contributed by atoms with Gasteiger partial charge in [-0.2, -0.15) is 0 Å². The molecular weight excluding hydrogens is 384 g/mol. The van der Waals surface area contributed by atoms with Gasteiger partial charge in [-0.1, -0.05) is 90.4 Å². The summed E-state index contributed by atoms with van der Waals surface area (Å²) in [6, 6.07) is 0. The van der Waals surface area contributed by atoms with E-state index >= 15 is 0 Å². The van der Waals surface area contributed by atoms with Gasteiger partial charge in [0.1, 0.15) is 5.44 Å². The molecule has 1 atom stereocenters. The average molecular weight is 429 g/mol. The highest BCUT2D eigenvalue weighted by Crippen LogP contribution is 2.13. The van der Waals surface area contributed by atoms with E-state index in [0.717, 1.165) is 12.8 Å². The summed E-state index contributed by atoms with van der Waals surface area (Å²) in [7, 11) is 0. The summed E-state index contributed by atoms with van der Waals surface area (Å²) < 4.78 is 9.81. The lowest BCUT2D eigenvalue weighted by molar-refractivity contribution is -0.148. The largest absolute Gasteiger partial charge is 0.452 e. The summed E-state index contributed by atoms with van der Waals surface area (Å²) in [6.07, 6.45) is 23.2. The number of thiol groups is 1. The van der Waals surface area contributed by atoms with E-state index in [1.807, 2.05) is 6.08 Å². The van der Waals surface area contributed by atoms with Gasteiger partial charge >= 0.3 is 11.9 Å². The van der Waals surface area contributed by atoms with Crippen molar-refractivity contribution in [1.82, 2.24) is 0 Å². The van der Waals surface area contributed by atoms with Crippen molar-refractivity contribution in [2.45, 2.75) is 128 Å². The lowest BCUT2D eigenvalue weighted by Crippen LogP contribution is -2.11. The van der Waals surface area contributed by atoms with E-state index in [9.17, 15) is 9.59 Å². The molecule has 0 aromatic heterocycles. The van der Waals surface area contributed by atoms with Crippen LogP contribution in [0.5, 0.6) is 0 Å². The molecule has 0 aliphatic heterocycles. The molecule has 5 heteroatoms. The summed E-state index contributed by atoms with van der Waals surface area (Å²) in [6.45, 7) is 3.92. The molecular formula is C24H44O4S. The van der Waals surface area contributed by atoms with Crippen molar-refractivity contribution in [3.8, 4) is 0 Å². The van der Waals surface area contributed by atoms with Gasteiger partial charge in [-0.3, -0.25) is 9.59 Å². The fraction of sp³-hybridized carbons (Fsp3) is 0.833. The quantitative estimate of drug-likeness (QED) is 0.0716. The molecule has 29 heavy (non-hydrogen) atoms. The zero-order valence-electron chi connectivity index (χ0n) is 18.8. The van der Waals surface area contributed by atoms with Crippen molar-refractivity contribution in [3.05, 3.63) is 12.3 Å². The first-order chi connectivity index (χ1) is 14.1. The Morgan fingerprint density at radius 2 is 1.21 bits per heavy atom. The topological polar surface area (TPSA) is 52.6 Å². The van der Waals surface area contributed by atoms with Gasteiger partial charge in [-0.05, 0) is 25.8 Å². The monoisotopic (exact) mass is 428 g/mol. The van der Waals surface area contributed by atoms with Gasteiger partial charge < -0.3 is 9.47 Å². The standard InChI is InChI=1S/C24H44O4S/c1-3-4-5-6-7-8-9-10-11-12-13-14-15-16-17-18-21-27-23(25)19-20-24(26)28-22(2)29/h18,21-22,29H,3-17,19-20H2,1-2H3/b21-18+. The Kier molecular flexibility index (Phi) is 21.0. The number of carbonyl (C=O) groups is 2. The van der Waals surface area contributed by atoms with Gasteiger partial charge in [0, 0.05) is 0 Å². The summed E-state index contributed by atoms with van der Waals surface area (Å²) in [4.78, 5) is 22.8. The highest BCUT2D eigenvalue weighted by atomic mass is 32.1. The minimum absolute atomic E-state index is 0.0243. The number of carbonyl (C=O) groups excluding carboxylic acids is 2. The van der Waals surface area contributed by atoms with E-state index in [0.29, 0.717) is 0 Å². The van der Waals surface area contributed by atoms with Crippen LogP contribution in [0.2, 0.25) is 0 Å². The Morgan fingerprint density at radius 1 is 0.759 bits per heavy atom. The second kappa shape index (κ2) is 21.7. The van der Waals surface area contributed by atoms with E-state index in [1.54, 1.807) is 6.92 Å². The van der Waals surface area contributed by atoms with E-state index in [4.69, 9.17) is 9.47 Å². The third-order valence-corrected chi connectivity index (χ3v) is 4.96. The van der Waals surface area contributed by atoms with Gasteiger partial charge in [0.2, 0.25) is 0 Å². The Bertz CT molecular complexity index is 421. The highest BCUT2D eigenvalue weighted by Gasteiger charge is 2.09. The van der Waals surface area contributed by atoms with Crippen molar-refractivity contribution in [2.75, 3.05) is 0 Å². The molecule has 0 spiro atoms. The van der Waals surface area contributed by atoms with Crippen LogP contribution >= 0.6 is 12.6 Å². The van der Waals surface area contributed by atoms with E-state index in [2.05, 4.69) is 19.6 Å². The molecule has 0 N–H and O–H groups in total. The van der Waals surface area contributed by atoms with Crippen LogP contribution in [0.15, 0.2) is 12.3 Å². The van der Waals surface area contributed by atoms with E-state index in [1.165, 1.54) is 89.7 Å². The molecule has 0 fully saturated rings. The number of rotatable bonds is 20. The van der Waals surface area contributed by atoms with Gasteiger partial charge in [0.15, 0.2) is 0 Å². The molecule has 0 bridgehead atoms. The molecule has 0 aromatic rings. The van der Waals surface area contributed by atoms with Crippen molar-refractivity contribution < 1.29 is 19.1 Å². The predicted molar refractivity (Wildman–Crippen MR) is 124 cm³/mol. The van der Waals surface area contributed by atoms with Crippen LogP contribution in [0, 0.1) is 0 Å². The lowest BCUT2D eigenvalue weighted by atomic mass is 10.0. The van der Waals surface area contributed by atoms with Gasteiger partial charge in [-0.25, -0.2) is 0 Å². The number of ether oxygens (including phenoxy) is 2. The maximum atomic E-state index is 11.5. The average Bonchev–Trinajstić information content (AvgIpc) is 2.68. The minimum Gasteiger partial charge on any atom is -0.452 e. The Hall–Kier alpha value is -0.970. The third-order valence-electron chi connectivity index (χ3n) is 4.86. The summed E-state index contributed by atoms with van der Waals surface area (Å²) in [5.41, 5.74) is -0.455. The fourth-order valence-electron chi connectivity index (χ4n) is 3.16. The Labute approximate surface area is 184 Å². The van der Waals surface area contributed by atoms with Crippen molar-refractivity contribution >= 4 is 24.6 Å². The second-order valence-corrected chi connectivity index (χ2v) is 8.56. The second-order valence-electron chi connectivity index (χ2n) is 7.84. The molecule has 1 unspecified atom stereocenters. The molecule has 4 nitrogen and oxygen atoms in total. The Balaban J connectivity index is 3.29. The molecule has 0 amide bonds. The summed E-state index contributed by atoms with van der Waals surface area (Å²) >= 11 is 3.96. The van der Waals surface area contributed by atoms with Gasteiger partial charge in [0.25, 0.3) is 0 Å². The molecule has 0 aliphatic carbocycles. The van der Waals surface area contributed by atoms with Crippen LogP contribution < -0.4 is 0 Å². The summed E-state index contributed by atoms with van der Waals surface area (Å²) in [5, 5.41) is 0. The van der Waals surface area contributed by atoms with Crippen LogP contribution in [-0.4, -0.2) is 17.4 Å². The minimum atomic E-state index is -0.455. The molecule has 0 aliphatic rings. The maximum Gasteiger partial charge on any atom is 0.311 e. The van der Waals surface area contributed by atoms with Crippen LogP contribution in [0.1, 0.15) is 123 Å². The first kappa shape index (κ1) is 28.0. The van der Waals surface area contributed by atoms with Crippen molar-refractivity contribution in [1.29, 1.82) is 0 Å². The van der Waals surface area contributed by atoms with Crippen molar-refractivity contribution in [2.24, 2.45) is 0 Å². The van der Waals surface area contributed by atoms with Gasteiger partial charge in [-0.15, -0.1) is 12.6 Å². The van der Waals surface area contributed by atoms with Crippen LogP contribution in [-0.2, 0) is 19.1 Å². The molecule has 170 valence electrons. The summed E-state index contributed by atoms with van der Waals surface area (Å²) in [5.74, 6) is -0.846. The molecule has 0 rings (SSSR count). The van der Waals surface area contributed by atoms with Crippen LogP contribution in [0.3, 0.4) is 0 Å². The molecule has 0 saturated heterocycles. The smallest absolute Gasteiger partial charge is 0.311 e. The normalized spacial score (nSPS) is 12.2.